The fourth-order valence-electron chi connectivity index (χ4n) is 1.79. The van der Waals surface area contributed by atoms with E-state index >= 15 is 0 Å². The maximum absolute atomic E-state index is 11.8. The normalized spacial score (nSPS) is 25.4. The van der Waals surface area contributed by atoms with Crippen molar-refractivity contribution in [2.45, 2.75) is 20.0 Å². The monoisotopic (exact) mass is 263 g/mol. The molecule has 17 heavy (non-hydrogen) atoms. The number of nitrogens with zero attached hydrogens (tertiary/aromatic N) is 1. The Bertz CT molecular complexity index is 285. The van der Waals surface area contributed by atoms with Crippen molar-refractivity contribution >= 4 is 16.8 Å². The zero-order valence-electron chi connectivity index (χ0n) is 10.4. The molecule has 100 valence electrons. The lowest BCUT2D eigenvalue weighted by Crippen LogP contribution is -2.44. The average molecular weight is 263 g/mol. The highest BCUT2D eigenvalue weighted by Gasteiger charge is 2.23. The van der Waals surface area contributed by atoms with Gasteiger partial charge in [0.25, 0.3) is 0 Å². The fraction of sp³-hybridized carbons (Fsp3) is 0.909. The van der Waals surface area contributed by atoms with Gasteiger partial charge in [-0.25, -0.2) is 0 Å². The zero-order valence-corrected chi connectivity index (χ0v) is 11.2. The van der Waals surface area contributed by atoms with Crippen molar-refractivity contribution in [1.29, 1.82) is 0 Å². The largest absolute Gasteiger partial charge is 0.481 e. The minimum atomic E-state index is -1.12. The Hall–Kier alpha value is -0.460. The van der Waals surface area contributed by atoms with Gasteiger partial charge >= 0.3 is 5.97 Å². The number of aliphatic carboxylic acids is 1. The van der Waals surface area contributed by atoms with Crippen LogP contribution in [0.15, 0.2) is 0 Å². The Morgan fingerprint density at radius 2 is 2.35 bits per heavy atom. The Morgan fingerprint density at radius 1 is 1.65 bits per heavy atom. The molecule has 0 aliphatic carbocycles. The summed E-state index contributed by atoms with van der Waals surface area (Å²) in [5, 5.41) is 8.74. The van der Waals surface area contributed by atoms with Crippen LogP contribution < -0.4 is 0 Å². The summed E-state index contributed by atoms with van der Waals surface area (Å²) in [6.07, 6.45) is -0.0227. The molecule has 3 unspecified atom stereocenters. The van der Waals surface area contributed by atoms with Crippen molar-refractivity contribution in [3.8, 4) is 0 Å². The second-order valence-electron chi connectivity index (χ2n) is 4.40. The lowest BCUT2D eigenvalue weighted by atomic mass is 10.2. The van der Waals surface area contributed by atoms with E-state index in [1.54, 1.807) is 6.92 Å². The number of morpholine rings is 1. The molecule has 0 aromatic heterocycles. The molecule has 1 saturated heterocycles. The number of hydrogen-bond acceptors (Lipinski definition) is 4. The van der Waals surface area contributed by atoms with E-state index in [1.165, 1.54) is 0 Å². The van der Waals surface area contributed by atoms with Gasteiger partial charge in [-0.15, -0.1) is 0 Å². The third kappa shape index (κ3) is 5.14. The first-order valence-corrected chi connectivity index (χ1v) is 7.43. The molecule has 6 heteroatoms. The third-order valence-electron chi connectivity index (χ3n) is 2.90. The SMILES string of the molecule is CCN1CCOC(CS(=O)CC(C)C(=O)O)C1. The van der Waals surface area contributed by atoms with E-state index in [9.17, 15) is 9.00 Å². The molecular formula is C11H21NO4S. The molecule has 1 rings (SSSR count). The minimum Gasteiger partial charge on any atom is -0.481 e. The number of ether oxygens (including phenoxy) is 1. The van der Waals surface area contributed by atoms with Crippen LogP contribution >= 0.6 is 0 Å². The Labute approximate surface area is 105 Å². The van der Waals surface area contributed by atoms with E-state index in [0.717, 1.165) is 19.6 Å². The van der Waals surface area contributed by atoms with Crippen molar-refractivity contribution in [2.75, 3.05) is 37.7 Å². The number of carboxylic acid groups (broad SMARTS) is 1. The molecule has 1 fully saturated rings. The van der Waals surface area contributed by atoms with Gasteiger partial charge in [0.15, 0.2) is 0 Å². The molecule has 0 aromatic rings. The molecule has 1 heterocycles. The maximum atomic E-state index is 11.8. The Kier molecular flexibility index (Phi) is 6.08. The van der Waals surface area contributed by atoms with Gasteiger partial charge < -0.3 is 9.84 Å². The van der Waals surface area contributed by atoms with Crippen molar-refractivity contribution in [3.05, 3.63) is 0 Å². The highest BCUT2D eigenvalue weighted by Crippen LogP contribution is 2.08. The second kappa shape index (κ2) is 7.08. The predicted molar refractivity (Wildman–Crippen MR) is 66.5 cm³/mol. The highest BCUT2D eigenvalue weighted by atomic mass is 32.2. The molecule has 1 aliphatic rings. The third-order valence-corrected chi connectivity index (χ3v) is 4.51. The van der Waals surface area contributed by atoms with Crippen LogP contribution in [0.1, 0.15) is 13.8 Å². The van der Waals surface area contributed by atoms with Crippen LogP contribution in [0.4, 0.5) is 0 Å². The van der Waals surface area contributed by atoms with Crippen LogP contribution in [0, 0.1) is 5.92 Å². The van der Waals surface area contributed by atoms with Crippen molar-refractivity contribution in [1.82, 2.24) is 4.90 Å². The maximum Gasteiger partial charge on any atom is 0.307 e. The van der Waals surface area contributed by atoms with Gasteiger partial charge in [-0.2, -0.15) is 0 Å². The van der Waals surface area contributed by atoms with Gasteiger partial charge in [0.05, 0.1) is 24.4 Å². The van der Waals surface area contributed by atoms with Crippen LogP contribution in [-0.2, 0) is 20.3 Å². The smallest absolute Gasteiger partial charge is 0.307 e. The summed E-state index contributed by atoms with van der Waals surface area (Å²) in [7, 11) is -1.12. The van der Waals surface area contributed by atoms with Crippen molar-refractivity contribution < 1.29 is 18.8 Å². The number of carbonyl (C=O) groups is 1. The summed E-state index contributed by atoms with van der Waals surface area (Å²) in [6.45, 7) is 7.03. The summed E-state index contributed by atoms with van der Waals surface area (Å²) < 4.78 is 17.3. The Balaban J connectivity index is 2.33. The molecule has 0 bridgehead atoms. The quantitative estimate of drug-likeness (QED) is 0.740. The first kappa shape index (κ1) is 14.6. The number of hydrogen-bond donors (Lipinski definition) is 1. The first-order chi connectivity index (χ1) is 8.02. The topological polar surface area (TPSA) is 66.8 Å². The number of likely N-dealkylation sites (N-methyl/N-ethyl adjacent to an activating group) is 1. The Morgan fingerprint density at radius 3 is 2.94 bits per heavy atom. The lowest BCUT2D eigenvalue weighted by Gasteiger charge is -2.31. The molecule has 1 aliphatic heterocycles. The summed E-state index contributed by atoms with van der Waals surface area (Å²) in [6, 6.07) is 0. The molecule has 0 spiro atoms. The van der Waals surface area contributed by atoms with Crippen LogP contribution in [0.3, 0.4) is 0 Å². The predicted octanol–water partition coefficient (Wildman–Crippen LogP) is 0.177. The van der Waals surface area contributed by atoms with Gasteiger partial charge in [-0.05, 0) is 6.54 Å². The summed E-state index contributed by atoms with van der Waals surface area (Å²) in [5.74, 6) is -0.796. The summed E-state index contributed by atoms with van der Waals surface area (Å²) >= 11 is 0. The van der Waals surface area contributed by atoms with Gasteiger partial charge in [0, 0.05) is 29.6 Å². The fourth-order valence-corrected chi connectivity index (χ4v) is 3.25. The van der Waals surface area contributed by atoms with E-state index < -0.39 is 22.7 Å². The molecular weight excluding hydrogens is 242 g/mol. The van der Waals surface area contributed by atoms with Gasteiger partial charge in [-0.3, -0.25) is 13.9 Å². The molecule has 0 amide bonds. The van der Waals surface area contributed by atoms with E-state index in [4.69, 9.17) is 9.84 Å². The van der Waals surface area contributed by atoms with Crippen molar-refractivity contribution in [3.63, 3.8) is 0 Å². The minimum absolute atomic E-state index is 0.0227. The average Bonchev–Trinajstić information content (AvgIpc) is 2.28. The second-order valence-corrected chi connectivity index (χ2v) is 5.94. The lowest BCUT2D eigenvalue weighted by molar-refractivity contribution is -0.140. The van der Waals surface area contributed by atoms with E-state index in [-0.39, 0.29) is 11.9 Å². The first-order valence-electron chi connectivity index (χ1n) is 5.94. The standard InChI is InChI=1S/C11H21NO4S/c1-3-12-4-5-16-10(6-12)8-17(15)7-9(2)11(13)14/h9-10H,3-8H2,1-2H3,(H,13,14). The van der Waals surface area contributed by atoms with E-state index in [0.29, 0.717) is 12.4 Å². The molecule has 1 N–H and O–H groups in total. The van der Waals surface area contributed by atoms with E-state index in [2.05, 4.69) is 11.8 Å². The summed E-state index contributed by atoms with van der Waals surface area (Å²) in [4.78, 5) is 12.9. The van der Waals surface area contributed by atoms with Crippen LogP contribution in [0.5, 0.6) is 0 Å². The molecule has 3 atom stereocenters. The van der Waals surface area contributed by atoms with Gasteiger partial charge in [-0.1, -0.05) is 13.8 Å². The zero-order chi connectivity index (χ0) is 12.8. The van der Waals surface area contributed by atoms with Crippen molar-refractivity contribution in [2.24, 2.45) is 5.92 Å². The van der Waals surface area contributed by atoms with E-state index in [1.807, 2.05) is 0 Å². The van der Waals surface area contributed by atoms with Crippen LogP contribution in [0.2, 0.25) is 0 Å². The summed E-state index contributed by atoms with van der Waals surface area (Å²) in [5.41, 5.74) is 0. The van der Waals surface area contributed by atoms with Gasteiger partial charge in [0.1, 0.15) is 0 Å². The number of rotatable bonds is 6. The molecule has 0 saturated carbocycles. The van der Waals surface area contributed by atoms with Crippen LogP contribution in [0.25, 0.3) is 0 Å². The molecule has 5 nitrogen and oxygen atoms in total. The number of carboxylic acids is 1. The molecule has 0 aromatic carbocycles. The van der Waals surface area contributed by atoms with Gasteiger partial charge in [0.2, 0.25) is 0 Å². The molecule has 0 radical (unpaired) electrons. The van der Waals surface area contributed by atoms with Crippen LogP contribution in [-0.4, -0.2) is 64.0 Å². The highest BCUT2D eigenvalue weighted by molar-refractivity contribution is 7.85.